The van der Waals surface area contributed by atoms with Gasteiger partial charge in [-0.05, 0) is 48.1 Å². The van der Waals surface area contributed by atoms with E-state index in [1.807, 2.05) is 24.3 Å². The molecule has 2 aromatic rings. The Morgan fingerprint density at radius 2 is 2.08 bits per heavy atom. The molecule has 1 aliphatic rings. The Labute approximate surface area is 149 Å². The van der Waals surface area contributed by atoms with Crippen LogP contribution in [0, 0.1) is 0 Å². The molecular weight excluding hydrogens is 314 g/mol. The van der Waals surface area contributed by atoms with Crippen molar-refractivity contribution in [3.63, 3.8) is 0 Å². The van der Waals surface area contributed by atoms with Gasteiger partial charge < -0.3 is 19.9 Å². The smallest absolute Gasteiger partial charge is 0.119 e. The predicted molar refractivity (Wildman–Crippen MR) is 98.8 cm³/mol. The third-order valence-electron chi connectivity index (χ3n) is 4.65. The molecular formula is C21H27NO3. The topological polar surface area (TPSA) is 50.7 Å². The Bertz CT molecular complexity index is 674. The molecule has 0 spiro atoms. The lowest BCUT2D eigenvalue weighted by atomic mass is 9.89. The molecule has 0 heterocycles. The van der Waals surface area contributed by atoms with Crippen LogP contribution in [0.4, 0.5) is 0 Å². The molecule has 25 heavy (non-hydrogen) atoms. The van der Waals surface area contributed by atoms with E-state index in [0.29, 0.717) is 19.7 Å². The lowest BCUT2D eigenvalue weighted by molar-refractivity contribution is -0.0167. The van der Waals surface area contributed by atoms with Crippen molar-refractivity contribution >= 4 is 0 Å². The first-order chi connectivity index (χ1) is 12.3. The van der Waals surface area contributed by atoms with Crippen LogP contribution in [0.5, 0.6) is 5.75 Å². The number of aryl methyl sites for hydroxylation is 1. The molecule has 0 amide bonds. The van der Waals surface area contributed by atoms with E-state index in [-0.39, 0.29) is 6.10 Å². The first-order valence-electron chi connectivity index (χ1n) is 8.97. The Hall–Kier alpha value is -1.88. The lowest BCUT2D eigenvalue weighted by Crippen LogP contribution is -2.31. The van der Waals surface area contributed by atoms with Crippen molar-refractivity contribution < 1.29 is 14.6 Å². The zero-order chi connectivity index (χ0) is 17.5. The number of hydrogen-bond donors (Lipinski definition) is 2. The third kappa shape index (κ3) is 5.05. The summed E-state index contributed by atoms with van der Waals surface area (Å²) in [5, 5.41) is 13.5. The van der Waals surface area contributed by atoms with E-state index in [1.54, 1.807) is 7.11 Å². The van der Waals surface area contributed by atoms with Gasteiger partial charge in [0.25, 0.3) is 0 Å². The lowest BCUT2D eigenvalue weighted by Gasteiger charge is -2.26. The van der Waals surface area contributed by atoms with Gasteiger partial charge in [0.2, 0.25) is 0 Å². The molecule has 0 fully saturated rings. The Morgan fingerprint density at radius 3 is 2.96 bits per heavy atom. The molecule has 0 saturated heterocycles. The average molecular weight is 341 g/mol. The fraction of sp³-hybridized carbons (Fsp3) is 0.429. The van der Waals surface area contributed by atoms with Crippen LogP contribution in [0.2, 0.25) is 0 Å². The van der Waals surface area contributed by atoms with Gasteiger partial charge >= 0.3 is 0 Å². The van der Waals surface area contributed by atoms with Gasteiger partial charge in [-0.15, -0.1) is 0 Å². The van der Waals surface area contributed by atoms with Gasteiger partial charge in [0, 0.05) is 13.1 Å². The van der Waals surface area contributed by atoms with Gasteiger partial charge in [-0.1, -0.05) is 36.4 Å². The van der Waals surface area contributed by atoms with Gasteiger partial charge in [0.1, 0.15) is 5.75 Å². The fourth-order valence-corrected chi connectivity index (χ4v) is 3.33. The van der Waals surface area contributed by atoms with Crippen molar-refractivity contribution in [2.24, 2.45) is 0 Å². The molecule has 4 nitrogen and oxygen atoms in total. The molecule has 3 rings (SSSR count). The van der Waals surface area contributed by atoms with Crippen LogP contribution in [-0.4, -0.2) is 31.5 Å². The molecule has 0 aliphatic heterocycles. The van der Waals surface area contributed by atoms with Gasteiger partial charge in [0.05, 0.1) is 25.9 Å². The molecule has 1 aliphatic carbocycles. The van der Waals surface area contributed by atoms with Crippen LogP contribution in [0.3, 0.4) is 0 Å². The Morgan fingerprint density at radius 1 is 1.20 bits per heavy atom. The summed E-state index contributed by atoms with van der Waals surface area (Å²) in [4.78, 5) is 0. The van der Waals surface area contributed by atoms with Crippen LogP contribution in [0.1, 0.15) is 35.6 Å². The number of aliphatic hydroxyl groups excluding tert-OH is 1. The fourth-order valence-electron chi connectivity index (χ4n) is 3.33. The average Bonchev–Trinajstić information content (AvgIpc) is 2.66. The van der Waals surface area contributed by atoms with Crippen LogP contribution < -0.4 is 10.1 Å². The highest BCUT2D eigenvalue weighted by atomic mass is 16.5. The highest BCUT2D eigenvalue weighted by Gasteiger charge is 2.21. The van der Waals surface area contributed by atoms with Crippen molar-refractivity contribution in [2.75, 3.05) is 20.3 Å². The number of nitrogens with one attached hydrogen (secondary N) is 1. The molecule has 2 atom stereocenters. The van der Waals surface area contributed by atoms with Gasteiger partial charge in [-0.25, -0.2) is 0 Å². The molecule has 134 valence electrons. The van der Waals surface area contributed by atoms with E-state index in [1.165, 1.54) is 11.1 Å². The van der Waals surface area contributed by atoms with E-state index in [0.717, 1.165) is 30.6 Å². The SMILES string of the molecule is COc1cccc(CNCC(O)COC2CCCc3ccccc32)c1. The van der Waals surface area contributed by atoms with Crippen molar-refractivity contribution in [1.29, 1.82) is 0 Å². The van der Waals surface area contributed by atoms with Gasteiger partial charge in [0.15, 0.2) is 0 Å². The predicted octanol–water partition coefficient (Wildman–Crippen LogP) is 3.24. The highest BCUT2D eigenvalue weighted by Crippen LogP contribution is 2.32. The zero-order valence-electron chi connectivity index (χ0n) is 14.8. The normalized spacial score (nSPS) is 17.8. The monoisotopic (exact) mass is 341 g/mol. The molecule has 0 radical (unpaired) electrons. The molecule has 0 saturated carbocycles. The number of aliphatic hydroxyl groups is 1. The minimum Gasteiger partial charge on any atom is -0.497 e. The van der Waals surface area contributed by atoms with Crippen molar-refractivity contribution in [3.8, 4) is 5.75 Å². The summed E-state index contributed by atoms with van der Waals surface area (Å²) in [5.74, 6) is 0.846. The van der Waals surface area contributed by atoms with Crippen molar-refractivity contribution in [3.05, 3.63) is 65.2 Å². The van der Waals surface area contributed by atoms with Gasteiger partial charge in [-0.3, -0.25) is 0 Å². The van der Waals surface area contributed by atoms with Crippen LogP contribution >= 0.6 is 0 Å². The van der Waals surface area contributed by atoms with Crippen molar-refractivity contribution in [1.82, 2.24) is 5.32 Å². The van der Waals surface area contributed by atoms with Gasteiger partial charge in [-0.2, -0.15) is 0 Å². The summed E-state index contributed by atoms with van der Waals surface area (Å²) in [6.45, 7) is 1.55. The summed E-state index contributed by atoms with van der Waals surface area (Å²) in [6.07, 6.45) is 2.89. The molecule has 0 aromatic heterocycles. The maximum absolute atomic E-state index is 10.2. The second kappa shape index (κ2) is 8.99. The second-order valence-electron chi connectivity index (χ2n) is 6.55. The summed E-state index contributed by atoms with van der Waals surface area (Å²) in [7, 11) is 1.66. The Kier molecular flexibility index (Phi) is 6.45. The summed E-state index contributed by atoms with van der Waals surface area (Å²) in [5.41, 5.74) is 3.79. The molecule has 2 N–H and O–H groups in total. The molecule has 0 bridgehead atoms. The van der Waals surface area contributed by atoms with Crippen LogP contribution in [-0.2, 0) is 17.7 Å². The van der Waals surface area contributed by atoms with Crippen molar-refractivity contribution in [2.45, 2.75) is 38.0 Å². The number of rotatable bonds is 8. The van der Waals surface area contributed by atoms with E-state index < -0.39 is 6.10 Å². The first kappa shape index (κ1) is 17.9. The standard InChI is InChI=1S/C21H27NO3/c1-24-19-9-4-6-16(12-19)13-22-14-18(23)15-25-21-11-5-8-17-7-2-3-10-20(17)21/h2-4,6-7,9-10,12,18,21-23H,5,8,11,13-15H2,1H3. The summed E-state index contributed by atoms with van der Waals surface area (Å²) in [6, 6.07) is 16.4. The minimum absolute atomic E-state index is 0.109. The number of fused-ring (bicyclic) bond motifs is 1. The van der Waals surface area contributed by atoms with E-state index in [2.05, 4.69) is 29.6 Å². The van der Waals surface area contributed by atoms with E-state index in [9.17, 15) is 5.11 Å². The molecule has 2 unspecified atom stereocenters. The van der Waals surface area contributed by atoms with Crippen LogP contribution in [0.25, 0.3) is 0 Å². The third-order valence-corrected chi connectivity index (χ3v) is 4.65. The van der Waals surface area contributed by atoms with E-state index >= 15 is 0 Å². The number of hydrogen-bond acceptors (Lipinski definition) is 4. The largest absolute Gasteiger partial charge is 0.497 e. The number of methoxy groups -OCH3 is 1. The quantitative estimate of drug-likeness (QED) is 0.774. The second-order valence-corrected chi connectivity index (χ2v) is 6.55. The first-order valence-corrected chi connectivity index (χ1v) is 8.97. The zero-order valence-corrected chi connectivity index (χ0v) is 14.8. The Balaban J connectivity index is 1.42. The summed E-state index contributed by atoms with van der Waals surface area (Å²) < 4.78 is 11.2. The maximum atomic E-state index is 10.2. The minimum atomic E-state index is -0.514. The summed E-state index contributed by atoms with van der Waals surface area (Å²) >= 11 is 0. The molecule has 2 aromatic carbocycles. The number of benzene rings is 2. The maximum Gasteiger partial charge on any atom is 0.119 e. The van der Waals surface area contributed by atoms with E-state index in [4.69, 9.17) is 9.47 Å². The molecule has 4 heteroatoms. The highest BCUT2D eigenvalue weighted by molar-refractivity contribution is 5.31. The van der Waals surface area contributed by atoms with Crippen LogP contribution in [0.15, 0.2) is 48.5 Å². The number of ether oxygens (including phenoxy) is 2.